The summed E-state index contributed by atoms with van der Waals surface area (Å²) in [6, 6.07) is 0. The molecule has 120 valence electrons. The standard InChI is InChI=1S/C22H27N/c1-5-10-20(11-6-2)17-23-18(4)12-8-13-19-14-9-15-21(16-19)22(23)7-3/h5-12,14-15,19H,1,4,13,16-17H2,2-3H3/b11-6-,12-8-,20-10+,22-7-. The van der Waals surface area contributed by atoms with Crippen molar-refractivity contribution in [3.8, 4) is 0 Å². The van der Waals surface area contributed by atoms with Gasteiger partial charge >= 0.3 is 0 Å². The van der Waals surface area contributed by atoms with Crippen LogP contribution in [0.25, 0.3) is 0 Å². The maximum absolute atomic E-state index is 4.30. The van der Waals surface area contributed by atoms with Crippen LogP contribution < -0.4 is 0 Å². The molecule has 2 rings (SSSR count). The van der Waals surface area contributed by atoms with Crippen LogP contribution in [-0.4, -0.2) is 11.4 Å². The smallest absolute Gasteiger partial charge is 0.0481 e. The Morgan fingerprint density at radius 3 is 2.91 bits per heavy atom. The molecule has 0 aromatic heterocycles. The average molecular weight is 305 g/mol. The van der Waals surface area contributed by atoms with E-state index in [4.69, 9.17) is 0 Å². The van der Waals surface area contributed by atoms with Gasteiger partial charge in [0.25, 0.3) is 0 Å². The third-order valence-corrected chi connectivity index (χ3v) is 4.21. The minimum absolute atomic E-state index is 0.590. The normalized spacial score (nSPS) is 25.1. The van der Waals surface area contributed by atoms with Crippen molar-refractivity contribution >= 4 is 0 Å². The molecule has 0 fully saturated rings. The van der Waals surface area contributed by atoms with Gasteiger partial charge in [-0.2, -0.15) is 0 Å². The Bertz CT molecular complexity index is 635. The van der Waals surface area contributed by atoms with Crippen molar-refractivity contribution in [2.24, 2.45) is 5.92 Å². The molecule has 0 spiro atoms. The van der Waals surface area contributed by atoms with Crippen LogP contribution in [-0.2, 0) is 0 Å². The van der Waals surface area contributed by atoms with Crippen molar-refractivity contribution in [1.29, 1.82) is 0 Å². The first-order valence-corrected chi connectivity index (χ1v) is 8.31. The second-order valence-corrected chi connectivity index (χ2v) is 5.91. The molecule has 0 aromatic carbocycles. The molecule has 2 aliphatic rings. The summed E-state index contributed by atoms with van der Waals surface area (Å²) in [7, 11) is 0. The van der Waals surface area contributed by atoms with Gasteiger partial charge in [-0.1, -0.05) is 67.8 Å². The number of nitrogens with zero attached hydrogens (tertiary/aromatic N) is 1. The highest BCUT2D eigenvalue weighted by Crippen LogP contribution is 2.32. The van der Waals surface area contributed by atoms with Crippen LogP contribution in [0, 0.1) is 5.92 Å². The van der Waals surface area contributed by atoms with Crippen molar-refractivity contribution in [3.63, 3.8) is 0 Å². The first-order chi connectivity index (χ1) is 11.2. The number of hydrogen-bond acceptors (Lipinski definition) is 1. The lowest BCUT2D eigenvalue weighted by Crippen LogP contribution is -2.25. The molecule has 0 saturated carbocycles. The first-order valence-electron chi connectivity index (χ1n) is 8.31. The molecule has 1 atom stereocenters. The number of hydrogen-bond donors (Lipinski definition) is 0. The van der Waals surface area contributed by atoms with Crippen LogP contribution in [0.2, 0.25) is 0 Å². The third kappa shape index (κ3) is 4.35. The molecule has 1 heterocycles. The second-order valence-electron chi connectivity index (χ2n) is 5.91. The zero-order valence-corrected chi connectivity index (χ0v) is 14.3. The molecule has 1 heteroatoms. The van der Waals surface area contributed by atoms with Crippen LogP contribution in [0.15, 0.2) is 96.5 Å². The molecule has 1 aliphatic heterocycles. The summed E-state index contributed by atoms with van der Waals surface area (Å²) >= 11 is 0. The highest BCUT2D eigenvalue weighted by Gasteiger charge is 2.21. The van der Waals surface area contributed by atoms with Crippen molar-refractivity contribution in [1.82, 2.24) is 4.90 Å². The van der Waals surface area contributed by atoms with Crippen molar-refractivity contribution in [2.75, 3.05) is 6.54 Å². The second kappa shape index (κ2) is 8.38. The summed E-state index contributed by atoms with van der Waals surface area (Å²) in [4.78, 5) is 2.30. The van der Waals surface area contributed by atoms with Crippen LogP contribution in [0.3, 0.4) is 0 Å². The maximum atomic E-state index is 4.30. The molecule has 0 saturated heterocycles. The Balaban J connectivity index is 2.41. The average Bonchev–Trinajstić information content (AvgIpc) is 2.58. The Morgan fingerprint density at radius 1 is 1.39 bits per heavy atom. The monoisotopic (exact) mass is 305 g/mol. The number of rotatable bonds is 4. The van der Waals surface area contributed by atoms with Crippen molar-refractivity contribution in [2.45, 2.75) is 26.7 Å². The third-order valence-electron chi connectivity index (χ3n) is 4.21. The summed E-state index contributed by atoms with van der Waals surface area (Å²) in [5.41, 5.74) is 4.91. The van der Waals surface area contributed by atoms with Gasteiger partial charge in [-0.05, 0) is 49.8 Å². The van der Waals surface area contributed by atoms with E-state index in [1.165, 1.54) is 16.8 Å². The van der Waals surface area contributed by atoms with E-state index in [2.05, 4.69) is 79.7 Å². The number of allylic oxidation sites excluding steroid dienone is 10. The van der Waals surface area contributed by atoms with Crippen LogP contribution in [0.4, 0.5) is 0 Å². The summed E-state index contributed by atoms with van der Waals surface area (Å²) < 4.78 is 0. The summed E-state index contributed by atoms with van der Waals surface area (Å²) in [5, 5.41) is 0. The fourth-order valence-corrected chi connectivity index (χ4v) is 3.13. The van der Waals surface area contributed by atoms with Crippen molar-refractivity contribution < 1.29 is 0 Å². The molecule has 0 radical (unpaired) electrons. The SMILES string of the molecule is C=C/C=C(\C=C/C)CN1C(=C)/C=C\CC2C=CC=C(C2)/C1=C/C. The van der Waals surface area contributed by atoms with Gasteiger partial charge in [0.15, 0.2) is 0 Å². The lowest BCUT2D eigenvalue weighted by Gasteiger charge is -2.31. The van der Waals surface area contributed by atoms with E-state index >= 15 is 0 Å². The molecule has 2 bridgehead atoms. The van der Waals surface area contributed by atoms with Gasteiger partial charge in [0, 0.05) is 17.9 Å². The van der Waals surface area contributed by atoms with Gasteiger partial charge in [0.2, 0.25) is 0 Å². The molecular formula is C22H27N. The van der Waals surface area contributed by atoms with Gasteiger partial charge in [0.1, 0.15) is 0 Å². The van der Waals surface area contributed by atoms with E-state index in [-0.39, 0.29) is 0 Å². The topological polar surface area (TPSA) is 3.24 Å². The Labute approximate surface area is 141 Å². The summed E-state index contributed by atoms with van der Waals surface area (Å²) in [5.74, 6) is 0.590. The fraction of sp³-hybridized carbons (Fsp3) is 0.273. The molecule has 1 nitrogen and oxygen atoms in total. The molecule has 0 amide bonds. The van der Waals surface area contributed by atoms with E-state index in [1.807, 2.05) is 13.0 Å². The zero-order chi connectivity index (χ0) is 16.7. The van der Waals surface area contributed by atoms with Crippen molar-refractivity contribution in [3.05, 3.63) is 96.5 Å². The van der Waals surface area contributed by atoms with Gasteiger partial charge in [0.05, 0.1) is 0 Å². The summed E-state index contributed by atoms with van der Waals surface area (Å²) in [6.45, 7) is 13.1. The molecule has 23 heavy (non-hydrogen) atoms. The van der Waals surface area contributed by atoms with E-state index in [0.717, 1.165) is 25.1 Å². The summed E-state index contributed by atoms with van der Waals surface area (Å²) in [6.07, 6.45) is 23.6. The predicted molar refractivity (Wildman–Crippen MR) is 102 cm³/mol. The number of fused-ring (bicyclic) bond motifs is 2. The Morgan fingerprint density at radius 2 is 2.22 bits per heavy atom. The van der Waals surface area contributed by atoms with E-state index in [1.54, 1.807) is 0 Å². The van der Waals surface area contributed by atoms with E-state index < -0.39 is 0 Å². The maximum Gasteiger partial charge on any atom is 0.0481 e. The van der Waals surface area contributed by atoms with E-state index in [9.17, 15) is 0 Å². The lowest BCUT2D eigenvalue weighted by molar-refractivity contribution is 0.480. The van der Waals surface area contributed by atoms with E-state index in [0.29, 0.717) is 5.92 Å². The van der Waals surface area contributed by atoms with Crippen LogP contribution in [0.1, 0.15) is 26.7 Å². The van der Waals surface area contributed by atoms with Crippen LogP contribution in [0.5, 0.6) is 0 Å². The van der Waals surface area contributed by atoms with Gasteiger partial charge in [-0.25, -0.2) is 0 Å². The zero-order valence-electron chi connectivity index (χ0n) is 14.3. The van der Waals surface area contributed by atoms with Gasteiger partial charge in [-0.3, -0.25) is 0 Å². The van der Waals surface area contributed by atoms with Gasteiger partial charge < -0.3 is 4.90 Å². The highest BCUT2D eigenvalue weighted by molar-refractivity contribution is 5.42. The van der Waals surface area contributed by atoms with Gasteiger partial charge in [-0.15, -0.1) is 0 Å². The Hall–Kier alpha value is -2.28. The largest absolute Gasteiger partial charge is 0.338 e. The fourth-order valence-electron chi connectivity index (χ4n) is 3.13. The minimum atomic E-state index is 0.590. The molecule has 1 unspecified atom stereocenters. The molecule has 0 N–H and O–H groups in total. The predicted octanol–water partition coefficient (Wildman–Crippen LogP) is 5.86. The first kappa shape index (κ1) is 17.1. The lowest BCUT2D eigenvalue weighted by atomic mass is 9.90. The quantitative estimate of drug-likeness (QED) is 0.588. The molecular weight excluding hydrogens is 278 g/mol. The Kier molecular flexibility index (Phi) is 6.22. The highest BCUT2D eigenvalue weighted by atomic mass is 15.1. The molecule has 1 aliphatic carbocycles. The minimum Gasteiger partial charge on any atom is -0.338 e. The molecule has 0 aromatic rings. The van der Waals surface area contributed by atoms with Crippen LogP contribution >= 0.6 is 0 Å².